The lowest BCUT2D eigenvalue weighted by atomic mass is 9.90. The predicted molar refractivity (Wildman–Crippen MR) is 160 cm³/mol. The smallest absolute Gasteiger partial charge is 0.306 e. The van der Waals surface area contributed by atoms with Crippen LogP contribution in [0.25, 0.3) is 0 Å². The molecule has 0 aromatic rings. The molecule has 0 fully saturated rings. The fourth-order valence-electron chi connectivity index (χ4n) is 4.89. The molecule has 0 radical (unpaired) electrons. The van der Waals surface area contributed by atoms with Crippen LogP contribution in [0.4, 0.5) is 0 Å². The van der Waals surface area contributed by atoms with E-state index in [2.05, 4.69) is 13.8 Å². The summed E-state index contributed by atoms with van der Waals surface area (Å²) in [6, 6.07) is 0. The Labute approximate surface area is 231 Å². The molecule has 0 aromatic heterocycles. The van der Waals surface area contributed by atoms with Gasteiger partial charge in [0.25, 0.3) is 0 Å². The molecule has 0 bridgehead atoms. The molecule has 0 amide bonds. The molecule has 4 heteroatoms. The van der Waals surface area contributed by atoms with Crippen molar-refractivity contribution >= 4 is 11.9 Å². The van der Waals surface area contributed by atoms with E-state index in [9.17, 15) is 9.59 Å². The molecule has 0 aliphatic rings. The number of carboxylic acid groups (broad SMARTS) is 2. The molecule has 0 rings (SSSR count). The van der Waals surface area contributed by atoms with Crippen LogP contribution >= 0.6 is 0 Å². The van der Waals surface area contributed by atoms with E-state index in [0.29, 0.717) is 6.42 Å². The lowest BCUT2D eigenvalue weighted by molar-refractivity contribution is -0.143. The van der Waals surface area contributed by atoms with Crippen molar-refractivity contribution in [3.8, 4) is 0 Å². The second-order valence-electron chi connectivity index (χ2n) is 11.5. The van der Waals surface area contributed by atoms with Gasteiger partial charge in [0.2, 0.25) is 0 Å². The van der Waals surface area contributed by atoms with Crippen molar-refractivity contribution in [1.82, 2.24) is 0 Å². The normalized spacial score (nSPS) is 11.8. The van der Waals surface area contributed by atoms with Crippen LogP contribution in [0.3, 0.4) is 0 Å². The van der Waals surface area contributed by atoms with E-state index in [1.165, 1.54) is 128 Å². The monoisotopic (exact) mass is 526 g/mol. The SMILES string of the molecule is CCCCCCCCCCCCC(C(=O)O)C(C)C.CCCCCCCCCCCCCCCC(=O)O. The summed E-state index contributed by atoms with van der Waals surface area (Å²) in [6.07, 6.45) is 31.2. The molecule has 1 unspecified atom stereocenters. The number of rotatable bonds is 27. The third-order valence-corrected chi connectivity index (χ3v) is 7.48. The van der Waals surface area contributed by atoms with Crippen molar-refractivity contribution in [2.75, 3.05) is 0 Å². The fourth-order valence-corrected chi connectivity index (χ4v) is 4.89. The van der Waals surface area contributed by atoms with E-state index < -0.39 is 11.9 Å². The van der Waals surface area contributed by atoms with Gasteiger partial charge in [0.05, 0.1) is 5.92 Å². The first-order chi connectivity index (χ1) is 17.9. The molecule has 0 saturated carbocycles. The maximum absolute atomic E-state index is 11.0. The van der Waals surface area contributed by atoms with Crippen LogP contribution in [0.1, 0.15) is 188 Å². The first-order valence-corrected chi connectivity index (χ1v) is 16.3. The minimum atomic E-state index is -0.655. The summed E-state index contributed by atoms with van der Waals surface area (Å²) >= 11 is 0. The molecule has 0 saturated heterocycles. The van der Waals surface area contributed by atoms with Crippen molar-refractivity contribution < 1.29 is 19.8 Å². The van der Waals surface area contributed by atoms with Crippen LogP contribution in [0, 0.1) is 11.8 Å². The fraction of sp³-hybridized carbons (Fsp3) is 0.939. The third-order valence-electron chi connectivity index (χ3n) is 7.48. The summed E-state index contributed by atoms with van der Waals surface area (Å²) in [5.41, 5.74) is 0. The number of carboxylic acids is 2. The van der Waals surface area contributed by atoms with Gasteiger partial charge < -0.3 is 10.2 Å². The molecular weight excluding hydrogens is 460 g/mol. The summed E-state index contributed by atoms with van der Waals surface area (Å²) in [5, 5.41) is 17.6. The Morgan fingerprint density at radius 3 is 1.05 bits per heavy atom. The molecule has 4 nitrogen and oxygen atoms in total. The molecule has 0 aliphatic heterocycles. The Bertz CT molecular complexity index is 475. The van der Waals surface area contributed by atoms with Gasteiger partial charge in [-0.2, -0.15) is 0 Å². The van der Waals surface area contributed by atoms with E-state index in [4.69, 9.17) is 10.2 Å². The third kappa shape index (κ3) is 32.9. The molecule has 222 valence electrons. The van der Waals surface area contributed by atoms with Crippen molar-refractivity contribution in [2.24, 2.45) is 11.8 Å². The van der Waals surface area contributed by atoms with Gasteiger partial charge in [-0.05, 0) is 18.8 Å². The van der Waals surface area contributed by atoms with Crippen molar-refractivity contribution in [3.05, 3.63) is 0 Å². The molecule has 0 spiro atoms. The van der Waals surface area contributed by atoms with E-state index in [0.717, 1.165) is 25.7 Å². The molecule has 2 N–H and O–H groups in total. The molecule has 0 heterocycles. The standard InChI is InChI=1S/C17H34O2.C16H32O2/c1-4-5-6-7-8-9-10-11-12-13-14-16(15(2)3)17(18)19;1-2-3-4-5-6-7-8-9-10-11-12-13-14-15-16(17)18/h15-16H,4-14H2,1-3H3,(H,18,19);2-15H2,1H3,(H,17,18). The highest BCUT2D eigenvalue weighted by atomic mass is 16.4. The summed E-state index contributed by atoms with van der Waals surface area (Å²) in [6.45, 7) is 8.53. The van der Waals surface area contributed by atoms with Crippen LogP contribution in [-0.2, 0) is 9.59 Å². The minimum Gasteiger partial charge on any atom is -0.481 e. The largest absolute Gasteiger partial charge is 0.481 e. The second kappa shape index (κ2) is 31.2. The second-order valence-corrected chi connectivity index (χ2v) is 11.5. The number of unbranched alkanes of at least 4 members (excludes halogenated alkanes) is 21. The quantitative estimate of drug-likeness (QED) is 0.104. The van der Waals surface area contributed by atoms with Crippen LogP contribution in [0.15, 0.2) is 0 Å². The number of hydrogen-bond acceptors (Lipinski definition) is 2. The lowest BCUT2D eigenvalue weighted by Gasteiger charge is -2.15. The average Bonchev–Trinajstić information content (AvgIpc) is 2.85. The van der Waals surface area contributed by atoms with E-state index in [1.54, 1.807) is 0 Å². The molecule has 1 atom stereocenters. The van der Waals surface area contributed by atoms with Gasteiger partial charge in [-0.25, -0.2) is 0 Å². The summed E-state index contributed by atoms with van der Waals surface area (Å²) < 4.78 is 0. The molecular formula is C33H66O4. The summed E-state index contributed by atoms with van der Waals surface area (Å²) in [5.74, 6) is -1.16. The Kier molecular flexibility index (Phi) is 32.1. The number of carbonyl (C=O) groups is 2. The lowest BCUT2D eigenvalue weighted by Crippen LogP contribution is -2.19. The Balaban J connectivity index is 0. The molecule has 0 aromatic carbocycles. The highest BCUT2D eigenvalue weighted by molar-refractivity contribution is 5.70. The van der Waals surface area contributed by atoms with Gasteiger partial charge in [-0.15, -0.1) is 0 Å². The van der Waals surface area contributed by atoms with Crippen LogP contribution in [0.5, 0.6) is 0 Å². The van der Waals surface area contributed by atoms with E-state index in [-0.39, 0.29) is 11.8 Å². The van der Waals surface area contributed by atoms with Gasteiger partial charge in [0.1, 0.15) is 0 Å². The van der Waals surface area contributed by atoms with Crippen molar-refractivity contribution in [1.29, 1.82) is 0 Å². The Morgan fingerprint density at radius 2 is 0.784 bits per heavy atom. The van der Waals surface area contributed by atoms with Crippen molar-refractivity contribution in [3.63, 3.8) is 0 Å². The van der Waals surface area contributed by atoms with Gasteiger partial charge in [-0.3, -0.25) is 9.59 Å². The minimum absolute atomic E-state index is 0.144. The van der Waals surface area contributed by atoms with Crippen LogP contribution in [0.2, 0.25) is 0 Å². The zero-order valence-corrected chi connectivity index (χ0v) is 25.5. The van der Waals surface area contributed by atoms with Gasteiger partial charge in [0, 0.05) is 6.42 Å². The number of aliphatic carboxylic acids is 2. The summed E-state index contributed by atoms with van der Waals surface area (Å²) in [4.78, 5) is 21.3. The maximum atomic E-state index is 11.0. The van der Waals surface area contributed by atoms with E-state index in [1.807, 2.05) is 13.8 Å². The summed E-state index contributed by atoms with van der Waals surface area (Å²) in [7, 11) is 0. The zero-order chi connectivity index (χ0) is 28.0. The zero-order valence-electron chi connectivity index (χ0n) is 25.5. The average molecular weight is 527 g/mol. The first kappa shape index (κ1) is 38.1. The highest BCUT2D eigenvalue weighted by Crippen LogP contribution is 2.20. The maximum Gasteiger partial charge on any atom is 0.306 e. The van der Waals surface area contributed by atoms with Gasteiger partial charge in [0.15, 0.2) is 0 Å². The number of hydrogen-bond donors (Lipinski definition) is 2. The predicted octanol–water partition coefficient (Wildman–Crippen LogP) is 11.2. The van der Waals surface area contributed by atoms with Crippen molar-refractivity contribution in [2.45, 2.75) is 188 Å². The Hall–Kier alpha value is -1.06. The van der Waals surface area contributed by atoms with E-state index >= 15 is 0 Å². The highest BCUT2D eigenvalue weighted by Gasteiger charge is 2.20. The first-order valence-electron chi connectivity index (χ1n) is 16.3. The van der Waals surface area contributed by atoms with Crippen LogP contribution in [-0.4, -0.2) is 22.2 Å². The molecule has 37 heavy (non-hydrogen) atoms. The topological polar surface area (TPSA) is 74.6 Å². The van der Waals surface area contributed by atoms with Gasteiger partial charge in [-0.1, -0.05) is 169 Å². The van der Waals surface area contributed by atoms with Crippen LogP contribution < -0.4 is 0 Å². The molecule has 0 aliphatic carbocycles. The Morgan fingerprint density at radius 1 is 0.486 bits per heavy atom. The van der Waals surface area contributed by atoms with Gasteiger partial charge >= 0.3 is 11.9 Å².